The van der Waals surface area contributed by atoms with Crippen molar-refractivity contribution in [3.05, 3.63) is 65.7 Å². The van der Waals surface area contributed by atoms with Gasteiger partial charge in [-0.2, -0.15) is 0 Å². The minimum absolute atomic E-state index is 0.0756. The van der Waals surface area contributed by atoms with Crippen LogP contribution in [0.3, 0.4) is 0 Å². The average molecular weight is 327 g/mol. The van der Waals surface area contributed by atoms with Crippen LogP contribution in [0, 0.1) is 5.82 Å². The molecule has 1 aliphatic rings. The predicted molar refractivity (Wildman–Crippen MR) is 92.2 cm³/mol. The first-order valence-electron chi connectivity index (χ1n) is 7.87. The summed E-state index contributed by atoms with van der Waals surface area (Å²) >= 11 is 1.80. The second kappa shape index (κ2) is 6.02. The largest absolute Gasteiger partial charge is 0.459 e. The summed E-state index contributed by atoms with van der Waals surface area (Å²) in [6.07, 6.45) is 0.992. The maximum absolute atomic E-state index is 13.6. The lowest BCUT2D eigenvalue weighted by atomic mass is 10.0. The highest BCUT2D eigenvalue weighted by atomic mass is 32.2. The summed E-state index contributed by atoms with van der Waals surface area (Å²) in [6, 6.07) is 15.4. The second-order valence-electron chi connectivity index (χ2n) is 5.95. The Morgan fingerprint density at radius 3 is 2.96 bits per heavy atom. The Morgan fingerprint density at radius 2 is 2.09 bits per heavy atom. The SMILES string of the molecule is CC(NC1CCSc2ccc(F)cc21)c1cc2ccccc2o1. The Balaban J connectivity index is 1.59. The highest BCUT2D eigenvalue weighted by Gasteiger charge is 2.24. The van der Waals surface area contributed by atoms with E-state index in [0.29, 0.717) is 0 Å². The zero-order valence-electron chi connectivity index (χ0n) is 12.9. The number of benzene rings is 2. The van der Waals surface area contributed by atoms with Gasteiger partial charge >= 0.3 is 0 Å². The van der Waals surface area contributed by atoms with Crippen LogP contribution in [0.2, 0.25) is 0 Å². The topological polar surface area (TPSA) is 25.2 Å². The first-order chi connectivity index (χ1) is 11.2. The van der Waals surface area contributed by atoms with Crippen LogP contribution < -0.4 is 5.32 Å². The Hall–Kier alpha value is -1.78. The van der Waals surface area contributed by atoms with Gasteiger partial charge in [0, 0.05) is 16.3 Å². The number of rotatable bonds is 3. The van der Waals surface area contributed by atoms with Crippen molar-refractivity contribution in [1.29, 1.82) is 0 Å². The van der Waals surface area contributed by atoms with Crippen LogP contribution in [-0.4, -0.2) is 5.75 Å². The molecule has 2 heterocycles. The van der Waals surface area contributed by atoms with Gasteiger partial charge in [0.25, 0.3) is 0 Å². The predicted octanol–water partition coefficient (Wildman–Crippen LogP) is 5.46. The molecule has 0 saturated heterocycles. The quantitative estimate of drug-likeness (QED) is 0.691. The smallest absolute Gasteiger partial charge is 0.134 e. The molecule has 0 radical (unpaired) electrons. The van der Waals surface area contributed by atoms with E-state index in [1.807, 2.05) is 24.3 Å². The normalized spacial score (nSPS) is 18.8. The molecule has 0 bridgehead atoms. The van der Waals surface area contributed by atoms with Crippen LogP contribution in [-0.2, 0) is 0 Å². The molecule has 4 heteroatoms. The number of hydrogen-bond acceptors (Lipinski definition) is 3. The first-order valence-corrected chi connectivity index (χ1v) is 8.86. The highest BCUT2D eigenvalue weighted by Crippen LogP contribution is 2.38. The zero-order chi connectivity index (χ0) is 15.8. The standard InChI is InChI=1S/C19H18FNOS/c1-12(18-10-13-4-2-3-5-17(13)22-18)21-16-8-9-23-19-7-6-14(20)11-15(16)19/h2-7,10-12,16,21H,8-9H2,1H3. The van der Waals surface area contributed by atoms with E-state index in [-0.39, 0.29) is 17.9 Å². The first kappa shape index (κ1) is 14.8. The Morgan fingerprint density at radius 1 is 1.22 bits per heavy atom. The summed E-state index contributed by atoms with van der Waals surface area (Å²) < 4.78 is 19.6. The molecule has 2 unspecified atom stereocenters. The van der Waals surface area contributed by atoms with Gasteiger partial charge in [0.1, 0.15) is 17.2 Å². The van der Waals surface area contributed by atoms with Crippen molar-refractivity contribution in [2.75, 3.05) is 5.75 Å². The van der Waals surface area contributed by atoms with Gasteiger partial charge < -0.3 is 9.73 Å². The fraction of sp³-hybridized carbons (Fsp3) is 0.263. The Kier molecular flexibility index (Phi) is 3.87. The fourth-order valence-electron chi connectivity index (χ4n) is 3.14. The molecule has 1 aliphatic heterocycles. The number of thioether (sulfide) groups is 1. The molecule has 4 rings (SSSR count). The molecule has 0 spiro atoms. The van der Waals surface area contributed by atoms with E-state index >= 15 is 0 Å². The molecule has 2 aromatic carbocycles. The van der Waals surface area contributed by atoms with Crippen molar-refractivity contribution in [2.24, 2.45) is 0 Å². The molecule has 0 amide bonds. The molecule has 0 aliphatic carbocycles. The third kappa shape index (κ3) is 2.89. The minimum Gasteiger partial charge on any atom is -0.459 e. The van der Waals surface area contributed by atoms with Crippen molar-refractivity contribution in [2.45, 2.75) is 30.3 Å². The number of para-hydroxylation sites is 1. The molecule has 118 valence electrons. The van der Waals surface area contributed by atoms with Crippen LogP contribution >= 0.6 is 11.8 Å². The van der Waals surface area contributed by atoms with Crippen LogP contribution in [0.1, 0.15) is 36.8 Å². The van der Waals surface area contributed by atoms with E-state index in [0.717, 1.165) is 34.5 Å². The van der Waals surface area contributed by atoms with Gasteiger partial charge in [0.2, 0.25) is 0 Å². The maximum atomic E-state index is 13.6. The third-order valence-electron chi connectivity index (χ3n) is 4.33. The van der Waals surface area contributed by atoms with Crippen molar-refractivity contribution < 1.29 is 8.81 Å². The molecule has 2 atom stereocenters. The summed E-state index contributed by atoms with van der Waals surface area (Å²) in [7, 11) is 0. The van der Waals surface area contributed by atoms with Gasteiger partial charge in [-0.25, -0.2) is 4.39 Å². The lowest BCUT2D eigenvalue weighted by Gasteiger charge is -2.28. The van der Waals surface area contributed by atoms with Crippen molar-refractivity contribution in [3.63, 3.8) is 0 Å². The molecule has 2 nitrogen and oxygen atoms in total. The summed E-state index contributed by atoms with van der Waals surface area (Å²) in [5, 5.41) is 4.72. The van der Waals surface area contributed by atoms with E-state index < -0.39 is 0 Å². The summed E-state index contributed by atoms with van der Waals surface area (Å²) in [4.78, 5) is 1.17. The zero-order valence-corrected chi connectivity index (χ0v) is 13.7. The van der Waals surface area contributed by atoms with Crippen molar-refractivity contribution in [3.8, 4) is 0 Å². The van der Waals surface area contributed by atoms with Crippen LogP contribution in [0.15, 0.2) is 57.8 Å². The minimum atomic E-state index is -0.172. The highest BCUT2D eigenvalue weighted by molar-refractivity contribution is 7.99. The number of halogens is 1. The number of furan rings is 1. The summed E-state index contributed by atoms with van der Waals surface area (Å²) in [6.45, 7) is 2.10. The van der Waals surface area contributed by atoms with Gasteiger partial charge in [0.05, 0.1) is 6.04 Å². The lowest BCUT2D eigenvalue weighted by Crippen LogP contribution is -2.27. The van der Waals surface area contributed by atoms with Gasteiger partial charge in [-0.15, -0.1) is 11.8 Å². The third-order valence-corrected chi connectivity index (χ3v) is 5.46. The Bertz CT molecular complexity index is 811. The van der Waals surface area contributed by atoms with Crippen LogP contribution in [0.4, 0.5) is 4.39 Å². The van der Waals surface area contributed by atoms with E-state index in [1.165, 1.54) is 11.0 Å². The number of nitrogens with one attached hydrogen (secondary N) is 1. The van der Waals surface area contributed by atoms with Gasteiger partial charge in [-0.3, -0.25) is 0 Å². The molecular formula is C19H18FNOS. The molecule has 1 aromatic heterocycles. The molecular weight excluding hydrogens is 309 g/mol. The van der Waals surface area contributed by atoms with E-state index in [9.17, 15) is 4.39 Å². The fourth-order valence-corrected chi connectivity index (χ4v) is 4.24. The van der Waals surface area contributed by atoms with Gasteiger partial charge in [-0.1, -0.05) is 18.2 Å². The van der Waals surface area contributed by atoms with Gasteiger partial charge in [-0.05, 0) is 55.0 Å². The Labute approximate surface area is 139 Å². The molecule has 23 heavy (non-hydrogen) atoms. The van der Waals surface area contributed by atoms with E-state index in [2.05, 4.69) is 24.4 Å². The maximum Gasteiger partial charge on any atom is 0.134 e. The number of fused-ring (bicyclic) bond motifs is 2. The molecule has 1 N–H and O–H groups in total. The van der Waals surface area contributed by atoms with Crippen LogP contribution in [0.5, 0.6) is 0 Å². The van der Waals surface area contributed by atoms with Crippen LogP contribution in [0.25, 0.3) is 11.0 Å². The number of hydrogen-bond donors (Lipinski definition) is 1. The molecule has 3 aromatic rings. The van der Waals surface area contributed by atoms with E-state index in [4.69, 9.17) is 4.42 Å². The molecule has 0 fully saturated rings. The van der Waals surface area contributed by atoms with E-state index in [1.54, 1.807) is 17.8 Å². The summed E-state index contributed by atoms with van der Waals surface area (Å²) in [5.74, 6) is 1.79. The molecule has 0 saturated carbocycles. The summed E-state index contributed by atoms with van der Waals surface area (Å²) in [5.41, 5.74) is 1.96. The monoisotopic (exact) mass is 327 g/mol. The average Bonchev–Trinajstić information content (AvgIpc) is 2.99. The van der Waals surface area contributed by atoms with Crippen molar-refractivity contribution in [1.82, 2.24) is 5.32 Å². The second-order valence-corrected chi connectivity index (χ2v) is 7.08. The lowest BCUT2D eigenvalue weighted by molar-refractivity contribution is 0.394. The van der Waals surface area contributed by atoms with Crippen molar-refractivity contribution >= 4 is 22.7 Å². The van der Waals surface area contributed by atoms with Gasteiger partial charge in [0.15, 0.2) is 0 Å².